The molecule has 1 aliphatic rings. The summed E-state index contributed by atoms with van der Waals surface area (Å²) in [5.41, 5.74) is 0.312. The van der Waals surface area contributed by atoms with Crippen LogP contribution < -0.4 is 0 Å². The molecule has 0 radical (unpaired) electrons. The minimum Gasteiger partial charge on any atom is -0.387 e. The molecule has 0 amide bonds. The summed E-state index contributed by atoms with van der Waals surface area (Å²) < 4.78 is 13.6. The van der Waals surface area contributed by atoms with Gasteiger partial charge in [0.2, 0.25) is 0 Å². The average Bonchev–Trinajstić information content (AvgIpc) is 2.42. The Kier molecular flexibility index (Phi) is 3.91. The van der Waals surface area contributed by atoms with Gasteiger partial charge in [0.15, 0.2) is 0 Å². The van der Waals surface area contributed by atoms with E-state index in [9.17, 15) is 14.8 Å². The molecule has 2 nitrogen and oxygen atoms in total. The van der Waals surface area contributed by atoms with E-state index in [4.69, 9.17) is 0 Å². The van der Waals surface area contributed by atoms with E-state index in [0.29, 0.717) is 29.9 Å². The Hall–Kier alpha value is -1.40. The quantitative estimate of drug-likeness (QED) is 0.877. The standard InChI is InChI=1S/C16H20FNO/c1-11-5-7-16(10-18,8-6-11)15(19)13-4-3-12(2)14(17)9-13/h3-4,9,11,15,19H,5-8H2,1-2H3. The molecule has 0 aromatic heterocycles. The van der Waals surface area contributed by atoms with Crippen LogP contribution in [0.5, 0.6) is 0 Å². The molecule has 0 aliphatic heterocycles. The SMILES string of the molecule is Cc1ccc(C(O)C2(C#N)CCC(C)CC2)cc1F. The van der Waals surface area contributed by atoms with Crippen LogP contribution in [-0.2, 0) is 0 Å². The van der Waals surface area contributed by atoms with Crippen molar-refractivity contribution in [1.29, 1.82) is 5.26 Å². The van der Waals surface area contributed by atoms with Crippen molar-refractivity contribution >= 4 is 0 Å². The fraction of sp³-hybridized carbons (Fsp3) is 0.562. The molecule has 1 fully saturated rings. The summed E-state index contributed by atoms with van der Waals surface area (Å²) in [6.07, 6.45) is 2.35. The summed E-state index contributed by atoms with van der Waals surface area (Å²) in [5.74, 6) is 0.275. The zero-order valence-electron chi connectivity index (χ0n) is 11.5. The summed E-state index contributed by atoms with van der Waals surface area (Å²) >= 11 is 0. The molecule has 2 rings (SSSR count). The van der Waals surface area contributed by atoms with Crippen LogP contribution in [0.25, 0.3) is 0 Å². The Morgan fingerprint density at radius 1 is 1.42 bits per heavy atom. The molecule has 1 atom stereocenters. The lowest BCUT2D eigenvalue weighted by molar-refractivity contribution is 0.0264. The normalized spacial score (nSPS) is 28.7. The van der Waals surface area contributed by atoms with Gasteiger partial charge in [0.25, 0.3) is 0 Å². The summed E-state index contributed by atoms with van der Waals surface area (Å²) in [4.78, 5) is 0. The third-order valence-corrected chi connectivity index (χ3v) is 4.42. The Bertz CT molecular complexity index is 498. The molecule has 1 aromatic carbocycles. The van der Waals surface area contributed by atoms with Gasteiger partial charge in [0.1, 0.15) is 5.82 Å². The minimum absolute atomic E-state index is 0.325. The molecule has 0 bridgehead atoms. The first kappa shape index (κ1) is 14.0. The summed E-state index contributed by atoms with van der Waals surface area (Å²) in [6, 6.07) is 7.04. The molecular formula is C16H20FNO. The number of halogens is 1. The lowest BCUT2D eigenvalue weighted by atomic mass is 9.67. The first-order valence-electron chi connectivity index (χ1n) is 6.84. The van der Waals surface area contributed by atoms with Crippen LogP contribution in [0.4, 0.5) is 4.39 Å². The molecular weight excluding hydrogens is 241 g/mol. The van der Waals surface area contributed by atoms with E-state index >= 15 is 0 Å². The van der Waals surface area contributed by atoms with Gasteiger partial charge in [-0.3, -0.25) is 0 Å². The predicted octanol–water partition coefficient (Wildman–Crippen LogP) is 3.89. The van der Waals surface area contributed by atoms with Crippen LogP contribution in [0.1, 0.15) is 49.8 Å². The monoisotopic (exact) mass is 261 g/mol. The van der Waals surface area contributed by atoms with Crippen molar-refractivity contribution in [3.63, 3.8) is 0 Å². The van der Waals surface area contributed by atoms with Gasteiger partial charge in [-0.1, -0.05) is 19.1 Å². The molecule has 3 heteroatoms. The molecule has 1 saturated carbocycles. The molecule has 1 aromatic rings. The van der Waals surface area contributed by atoms with E-state index in [-0.39, 0.29) is 5.82 Å². The molecule has 1 N–H and O–H groups in total. The van der Waals surface area contributed by atoms with Crippen molar-refractivity contribution in [1.82, 2.24) is 0 Å². The third-order valence-electron chi connectivity index (χ3n) is 4.42. The van der Waals surface area contributed by atoms with Gasteiger partial charge < -0.3 is 5.11 Å². The highest BCUT2D eigenvalue weighted by Crippen LogP contribution is 2.47. The number of aliphatic hydroxyl groups excluding tert-OH is 1. The van der Waals surface area contributed by atoms with E-state index in [2.05, 4.69) is 13.0 Å². The molecule has 1 unspecified atom stereocenters. The minimum atomic E-state index is -0.903. The second kappa shape index (κ2) is 5.30. The summed E-state index contributed by atoms with van der Waals surface area (Å²) in [5, 5.41) is 20.0. The maximum atomic E-state index is 13.6. The van der Waals surface area contributed by atoms with Crippen molar-refractivity contribution in [3.8, 4) is 6.07 Å². The van der Waals surface area contributed by atoms with Gasteiger partial charge in [0, 0.05) is 0 Å². The van der Waals surface area contributed by atoms with E-state index in [1.54, 1.807) is 19.1 Å². The third kappa shape index (κ3) is 2.64. The molecule has 19 heavy (non-hydrogen) atoms. The van der Waals surface area contributed by atoms with Crippen LogP contribution in [-0.4, -0.2) is 5.11 Å². The van der Waals surface area contributed by atoms with Crippen LogP contribution in [0.3, 0.4) is 0 Å². The number of aryl methyl sites for hydroxylation is 1. The lowest BCUT2D eigenvalue weighted by Crippen LogP contribution is -2.32. The highest BCUT2D eigenvalue weighted by molar-refractivity contribution is 5.28. The number of hydrogen-bond donors (Lipinski definition) is 1. The van der Waals surface area contributed by atoms with E-state index in [0.717, 1.165) is 12.8 Å². The second-order valence-electron chi connectivity index (χ2n) is 5.86. The summed E-state index contributed by atoms with van der Waals surface area (Å²) in [6.45, 7) is 3.85. The van der Waals surface area contributed by atoms with Gasteiger partial charge >= 0.3 is 0 Å². The number of nitrogens with zero attached hydrogens (tertiary/aromatic N) is 1. The topological polar surface area (TPSA) is 44.0 Å². The van der Waals surface area contributed by atoms with Crippen molar-refractivity contribution < 1.29 is 9.50 Å². The Balaban J connectivity index is 2.28. The van der Waals surface area contributed by atoms with E-state index in [1.807, 2.05) is 0 Å². The van der Waals surface area contributed by atoms with Gasteiger partial charge in [-0.2, -0.15) is 5.26 Å². The maximum absolute atomic E-state index is 13.6. The fourth-order valence-electron chi connectivity index (χ4n) is 2.82. The largest absolute Gasteiger partial charge is 0.387 e. The van der Waals surface area contributed by atoms with Crippen LogP contribution in [0.2, 0.25) is 0 Å². The van der Waals surface area contributed by atoms with Gasteiger partial charge in [-0.15, -0.1) is 0 Å². The fourth-order valence-corrected chi connectivity index (χ4v) is 2.82. The Labute approximate surface area is 113 Å². The lowest BCUT2D eigenvalue weighted by Gasteiger charge is -2.37. The highest BCUT2D eigenvalue weighted by Gasteiger charge is 2.41. The van der Waals surface area contributed by atoms with Crippen molar-refractivity contribution in [2.45, 2.75) is 45.6 Å². The number of benzene rings is 1. The molecule has 0 spiro atoms. The average molecular weight is 261 g/mol. The number of aliphatic hydroxyl groups is 1. The van der Waals surface area contributed by atoms with Gasteiger partial charge in [-0.05, 0) is 55.7 Å². The van der Waals surface area contributed by atoms with Crippen molar-refractivity contribution in [3.05, 3.63) is 35.1 Å². The van der Waals surface area contributed by atoms with E-state index in [1.165, 1.54) is 6.07 Å². The zero-order valence-corrected chi connectivity index (χ0v) is 11.5. The van der Waals surface area contributed by atoms with Gasteiger partial charge in [0.05, 0.1) is 17.6 Å². The van der Waals surface area contributed by atoms with Crippen LogP contribution >= 0.6 is 0 Å². The second-order valence-corrected chi connectivity index (χ2v) is 5.86. The van der Waals surface area contributed by atoms with Gasteiger partial charge in [-0.25, -0.2) is 4.39 Å². The zero-order chi connectivity index (χ0) is 14.0. The summed E-state index contributed by atoms with van der Waals surface area (Å²) in [7, 11) is 0. The molecule has 0 saturated heterocycles. The molecule has 102 valence electrons. The Morgan fingerprint density at radius 3 is 2.58 bits per heavy atom. The first-order valence-corrected chi connectivity index (χ1v) is 6.84. The van der Waals surface area contributed by atoms with Crippen molar-refractivity contribution in [2.24, 2.45) is 11.3 Å². The number of hydrogen-bond acceptors (Lipinski definition) is 2. The number of nitriles is 1. The van der Waals surface area contributed by atoms with Crippen LogP contribution in [0.15, 0.2) is 18.2 Å². The Morgan fingerprint density at radius 2 is 2.05 bits per heavy atom. The highest BCUT2D eigenvalue weighted by atomic mass is 19.1. The van der Waals surface area contributed by atoms with E-state index < -0.39 is 11.5 Å². The predicted molar refractivity (Wildman–Crippen MR) is 71.8 cm³/mol. The smallest absolute Gasteiger partial charge is 0.126 e. The molecule has 1 aliphatic carbocycles. The molecule has 0 heterocycles. The van der Waals surface area contributed by atoms with Crippen LogP contribution in [0, 0.1) is 35.4 Å². The number of rotatable bonds is 2. The maximum Gasteiger partial charge on any atom is 0.126 e. The van der Waals surface area contributed by atoms with Crippen molar-refractivity contribution in [2.75, 3.05) is 0 Å². The first-order chi connectivity index (χ1) is 8.98.